The van der Waals surface area contributed by atoms with Crippen LogP contribution in [0.15, 0.2) is 48.5 Å². The zero-order chi connectivity index (χ0) is 15.2. The molecule has 0 saturated carbocycles. The van der Waals surface area contributed by atoms with Gasteiger partial charge in [-0.1, -0.05) is 24.3 Å². The minimum atomic E-state index is -0.526. The van der Waals surface area contributed by atoms with Crippen molar-refractivity contribution in [1.29, 1.82) is 5.26 Å². The number of hydrogen-bond donors (Lipinski definition) is 2. The van der Waals surface area contributed by atoms with E-state index >= 15 is 0 Å². The van der Waals surface area contributed by atoms with Crippen LogP contribution in [0.3, 0.4) is 0 Å². The van der Waals surface area contributed by atoms with Gasteiger partial charge in [-0.2, -0.15) is 5.26 Å². The fourth-order valence-electron chi connectivity index (χ4n) is 2.44. The summed E-state index contributed by atoms with van der Waals surface area (Å²) < 4.78 is 12.9. The molecular formula is C17H16FNO2. The van der Waals surface area contributed by atoms with Gasteiger partial charge in [-0.3, -0.25) is 4.39 Å². The number of hydrogen-bond acceptors (Lipinski definition) is 3. The lowest BCUT2D eigenvalue weighted by Gasteiger charge is -2.22. The fourth-order valence-corrected chi connectivity index (χ4v) is 2.44. The average molecular weight is 285 g/mol. The standard InChI is InChI=1S/C17H16FNO2/c18-10-9-16(12-1-5-14(20)6-2-12)17(11-19)13-3-7-15(21)8-4-13/h1-8,16-17,20-21H,9-10H2/t16-,17+/m0/s1. The van der Waals surface area contributed by atoms with Crippen molar-refractivity contribution in [3.63, 3.8) is 0 Å². The van der Waals surface area contributed by atoms with Gasteiger partial charge in [0, 0.05) is 5.92 Å². The lowest BCUT2D eigenvalue weighted by molar-refractivity contribution is 0.424. The Balaban J connectivity index is 2.36. The van der Waals surface area contributed by atoms with Crippen molar-refractivity contribution >= 4 is 0 Å². The van der Waals surface area contributed by atoms with E-state index < -0.39 is 12.6 Å². The van der Waals surface area contributed by atoms with E-state index in [1.165, 1.54) is 24.3 Å². The monoisotopic (exact) mass is 285 g/mol. The molecule has 2 N–H and O–H groups in total. The molecule has 0 saturated heterocycles. The van der Waals surface area contributed by atoms with E-state index in [-0.39, 0.29) is 23.8 Å². The summed E-state index contributed by atoms with van der Waals surface area (Å²) in [5.74, 6) is -0.547. The quantitative estimate of drug-likeness (QED) is 0.877. The van der Waals surface area contributed by atoms with Crippen molar-refractivity contribution in [1.82, 2.24) is 0 Å². The molecule has 4 heteroatoms. The van der Waals surface area contributed by atoms with Crippen LogP contribution in [0.4, 0.5) is 4.39 Å². The second-order valence-electron chi connectivity index (χ2n) is 4.87. The third-order valence-electron chi connectivity index (χ3n) is 3.54. The van der Waals surface area contributed by atoms with Gasteiger partial charge in [0.25, 0.3) is 0 Å². The van der Waals surface area contributed by atoms with Crippen LogP contribution in [0.1, 0.15) is 29.4 Å². The number of phenolic OH excluding ortho intramolecular Hbond substituents is 2. The van der Waals surface area contributed by atoms with Crippen LogP contribution in [0.2, 0.25) is 0 Å². The first-order valence-electron chi connectivity index (χ1n) is 6.69. The molecule has 0 aliphatic carbocycles. The van der Waals surface area contributed by atoms with E-state index in [0.717, 1.165) is 11.1 Å². The number of rotatable bonds is 5. The number of phenols is 2. The molecule has 108 valence electrons. The number of alkyl halides is 1. The van der Waals surface area contributed by atoms with Gasteiger partial charge < -0.3 is 10.2 Å². The largest absolute Gasteiger partial charge is 0.508 e. The van der Waals surface area contributed by atoms with Crippen LogP contribution in [0.5, 0.6) is 11.5 Å². The number of aromatic hydroxyl groups is 2. The average Bonchev–Trinajstić information content (AvgIpc) is 2.50. The maximum atomic E-state index is 12.9. The summed E-state index contributed by atoms with van der Waals surface area (Å²) in [6, 6.07) is 15.1. The lowest BCUT2D eigenvalue weighted by Crippen LogP contribution is -2.11. The van der Waals surface area contributed by atoms with Crippen molar-refractivity contribution in [2.24, 2.45) is 0 Å². The first-order valence-corrected chi connectivity index (χ1v) is 6.69. The van der Waals surface area contributed by atoms with Crippen LogP contribution in [0, 0.1) is 11.3 Å². The van der Waals surface area contributed by atoms with E-state index in [1.807, 2.05) is 0 Å². The highest BCUT2D eigenvalue weighted by molar-refractivity contribution is 5.37. The highest BCUT2D eigenvalue weighted by Gasteiger charge is 2.24. The molecule has 0 amide bonds. The Bertz CT molecular complexity index is 617. The Morgan fingerprint density at radius 3 is 1.81 bits per heavy atom. The van der Waals surface area contributed by atoms with E-state index in [2.05, 4.69) is 6.07 Å². The molecule has 0 fully saturated rings. The molecule has 2 aromatic rings. The summed E-state index contributed by atoms with van der Waals surface area (Å²) in [6.45, 7) is -0.526. The van der Waals surface area contributed by atoms with Crippen LogP contribution >= 0.6 is 0 Å². The SMILES string of the molecule is N#C[C@H](c1ccc(O)cc1)[C@@H](CCF)c1ccc(O)cc1. The van der Waals surface area contributed by atoms with Gasteiger partial charge in [-0.25, -0.2) is 0 Å². The van der Waals surface area contributed by atoms with E-state index in [9.17, 15) is 19.9 Å². The second kappa shape index (κ2) is 6.76. The number of nitrogens with zero attached hydrogens (tertiary/aromatic N) is 1. The van der Waals surface area contributed by atoms with Crippen molar-refractivity contribution in [2.45, 2.75) is 18.3 Å². The van der Waals surface area contributed by atoms with Crippen LogP contribution in [-0.2, 0) is 0 Å². The molecule has 3 nitrogen and oxygen atoms in total. The molecule has 0 unspecified atom stereocenters. The van der Waals surface area contributed by atoms with Gasteiger partial charge in [0.05, 0.1) is 18.7 Å². The first-order chi connectivity index (χ1) is 10.2. The lowest BCUT2D eigenvalue weighted by atomic mass is 9.80. The molecule has 2 aromatic carbocycles. The van der Waals surface area contributed by atoms with Crippen molar-refractivity contribution in [2.75, 3.05) is 6.67 Å². The Morgan fingerprint density at radius 1 is 0.905 bits per heavy atom. The molecular weight excluding hydrogens is 269 g/mol. The third kappa shape index (κ3) is 3.51. The zero-order valence-electron chi connectivity index (χ0n) is 11.4. The molecule has 0 radical (unpaired) electrons. The summed E-state index contributed by atoms with van der Waals surface area (Å²) in [4.78, 5) is 0. The topological polar surface area (TPSA) is 64.2 Å². The number of nitriles is 1. The zero-order valence-corrected chi connectivity index (χ0v) is 11.4. The summed E-state index contributed by atoms with van der Waals surface area (Å²) in [7, 11) is 0. The van der Waals surface area contributed by atoms with E-state index in [4.69, 9.17) is 0 Å². The Hall–Kier alpha value is -2.54. The van der Waals surface area contributed by atoms with Crippen molar-refractivity contribution < 1.29 is 14.6 Å². The third-order valence-corrected chi connectivity index (χ3v) is 3.54. The summed E-state index contributed by atoms with van der Waals surface area (Å²) >= 11 is 0. The van der Waals surface area contributed by atoms with Crippen molar-refractivity contribution in [3.05, 3.63) is 59.7 Å². The van der Waals surface area contributed by atoms with Crippen molar-refractivity contribution in [3.8, 4) is 17.6 Å². The van der Waals surface area contributed by atoms with Gasteiger partial charge >= 0.3 is 0 Å². The van der Waals surface area contributed by atoms with Gasteiger partial charge in [-0.15, -0.1) is 0 Å². The molecule has 0 heterocycles. The molecule has 2 atom stereocenters. The minimum Gasteiger partial charge on any atom is -0.508 e. The Morgan fingerprint density at radius 2 is 1.38 bits per heavy atom. The number of halogens is 1. The summed E-state index contributed by atoms with van der Waals surface area (Å²) in [5.41, 5.74) is 1.55. The van der Waals surface area contributed by atoms with Crippen LogP contribution in [0.25, 0.3) is 0 Å². The normalized spacial score (nSPS) is 13.3. The van der Waals surface area contributed by atoms with Gasteiger partial charge in [0.2, 0.25) is 0 Å². The highest BCUT2D eigenvalue weighted by Crippen LogP contribution is 2.36. The fraction of sp³-hybridized carbons (Fsp3) is 0.235. The molecule has 0 spiro atoms. The predicted octanol–water partition coefficient (Wildman–Crippen LogP) is 3.85. The molecule has 0 bridgehead atoms. The second-order valence-corrected chi connectivity index (χ2v) is 4.87. The first kappa shape index (κ1) is 14.9. The van der Waals surface area contributed by atoms with E-state index in [0.29, 0.717) is 0 Å². The smallest absolute Gasteiger partial charge is 0.115 e. The maximum absolute atomic E-state index is 12.9. The highest BCUT2D eigenvalue weighted by atomic mass is 19.1. The molecule has 0 aliphatic heterocycles. The van der Waals surface area contributed by atoms with Crippen LogP contribution in [-0.4, -0.2) is 16.9 Å². The van der Waals surface area contributed by atoms with Gasteiger partial charge in [0.1, 0.15) is 11.5 Å². The molecule has 21 heavy (non-hydrogen) atoms. The maximum Gasteiger partial charge on any atom is 0.115 e. The minimum absolute atomic E-state index is 0.127. The van der Waals surface area contributed by atoms with Gasteiger partial charge in [0.15, 0.2) is 0 Å². The Labute approximate surface area is 122 Å². The Kier molecular flexibility index (Phi) is 4.78. The predicted molar refractivity (Wildman–Crippen MR) is 77.9 cm³/mol. The number of benzene rings is 2. The van der Waals surface area contributed by atoms with E-state index in [1.54, 1.807) is 24.3 Å². The van der Waals surface area contributed by atoms with Gasteiger partial charge in [-0.05, 0) is 41.8 Å². The molecule has 0 aromatic heterocycles. The summed E-state index contributed by atoms with van der Waals surface area (Å²) in [6.07, 6.45) is 0.226. The molecule has 2 rings (SSSR count). The van der Waals surface area contributed by atoms with Crippen LogP contribution < -0.4 is 0 Å². The molecule has 0 aliphatic rings. The summed E-state index contributed by atoms with van der Waals surface area (Å²) in [5, 5.41) is 28.2.